The molecule has 2 atom stereocenters. The third-order valence-corrected chi connectivity index (χ3v) is 3.85. The van der Waals surface area contributed by atoms with Gasteiger partial charge in [0.25, 0.3) is 5.69 Å². The van der Waals surface area contributed by atoms with Crippen molar-refractivity contribution in [3.05, 3.63) is 33.9 Å². The van der Waals surface area contributed by atoms with Crippen LogP contribution >= 0.6 is 0 Å². The number of likely N-dealkylation sites (N-methyl/N-ethyl adjacent to an activating group) is 1. The molecule has 0 radical (unpaired) electrons. The Morgan fingerprint density at radius 3 is 2.86 bits per heavy atom. The van der Waals surface area contributed by atoms with Gasteiger partial charge in [0.15, 0.2) is 0 Å². The van der Waals surface area contributed by atoms with Gasteiger partial charge in [-0.25, -0.2) is 0 Å². The van der Waals surface area contributed by atoms with Crippen molar-refractivity contribution in [1.82, 2.24) is 0 Å². The first kappa shape index (κ1) is 15.7. The third kappa shape index (κ3) is 3.71. The van der Waals surface area contributed by atoms with E-state index < -0.39 is 6.10 Å². The standard InChI is InChI=1S/C15H22N2O4/c1-3-16(10-13-5-4-8-21-13)14-7-6-12(11(2)18)9-15(14)17(19)20/h6-7,9,11,13,18H,3-5,8,10H2,1-2H3. The van der Waals surface area contributed by atoms with E-state index in [2.05, 4.69) is 0 Å². The van der Waals surface area contributed by atoms with Crippen LogP contribution in [0.25, 0.3) is 0 Å². The second-order valence-electron chi connectivity index (χ2n) is 5.35. The van der Waals surface area contributed by atoms with Crippen LogP contribution in [0.15, 0.2) is 18.2 Å². The highest BCUT2D eigenvalue weighted by atomic mass is 16.6. The molecular weight excluding hydrogens is 272 g/mol. The average molecular weight is 294 g/mol. The smallest absolute Gasteiger partial charge is 0.292 e. The zero-order valence-electron chi connectivity index (χ0n) is 12.5. The van der Waals surface area contributed by atoms with Gasteiger partial charge in [-0.15, -0.1) is 0 Å². The van der Waals surface area contributed by atoms with Crippen molar-refractivity contribution in [3.8, 4) is 0 Å². The Morgan fingerprint density at radius 1 is 1.57 bits per heavy atom. The molecule has 1 aromatic rings. The molecule has 1 N–H and O–H groups in total. The van der Waals surface area contributed by atoms with Gasteiger partial charge in [0.2, 0.25) is 0 Å². The van der Waals surface area contributed by atoms with Crippen LogP contribution < -0.4 is 4.90 Å². The van der Waals surface area contributed by atoms with Crippen molar-refractivity contribution in [2.45, 2.75) is 38.9 Å². The molecule has 0 aliphatic carbocycles. The third-order valence-electron chi connectivity index (χ3n) is 3.85. The van der Waals surface area contributed by atoms with Crippen LogP contribution in [0, 0.1) is 10.1 Å². The summed E-state index contributed by atoms with van der Waals surface area (Å²) in [6.45, 7) is 5.68. The Hall–Kier alpha value is -1.66. The highest BCUT2D eigenvalue weighted by Gasteiger charge is 2.24. The Labute approximate surface area is 124 Å². The SMILES string of the molecule is CCN(CC1CCCO1)c1ccc(C(C)O)cc1[N+](=O)[O-]. The zero-order chi connectivity index (χ0) is 15.4. The van der Waals surface area contributed by atoms with E-state index in [1.54, 1.807) is 19.1 Å². The molecule has 0 amide bonds. The summed E-state index contributed by atoms with van der Waals surface area (Å²) in [6, 6.07) is 4.92. The van der Waals surface area contributed by atoms with Crippen LogP contribution in [0.2, 0.25) is 0 Å². The lowest BCUT2D eigenvalue weighted by molar-refractivity contribution is -0.384. The number of nitro groups is 1. The fourth-order valence-corrected chi connectivity index (χ4v) is 2.65. The Balaban J connectivity index is 2.28. The first-order valence-electron chi connectivity index (χ1n) is 7.36. The van der Waals surface area contributed by atoms with Crippen LogP contribution in [-0.4, -0.2) is 35.8 Å². The Morgan fingerprint density at radius 2 is 2.33 bits per heavy atom. The van der Waals surface area contributed by atoms with Crippen molar-refractivity contribution in [3.63, 3.8) is 0 Å². The van der Waals surface area contributed by atoms with Gasteiger partial charge in [0.05, 0.1) is 17.1 Å². The van der Waals surface area contributed by atoms with E-state index in [4.69, 9.17) is 4.74 Å². The molecule has 0 saturated carbocycles. The van der Waals surface area contributed by atoms with Crippen LogP contribution in [0.5, 0.6) is 0 Å². The van der Waals surface area contributed by atoms with Crippen LogP contribution in [0.3, 0.4) is 0 Å². The van der Waals surface area contributed by atoms with E-state index in [9.17, 15) is 15.2 Å². The first-order chi connectivity index (χ1) is 10.0. The quantitative estimate of drug-likeness (QED) is 0.645. The predicted molar refractivity (Wildman–Crippen MR) is 80.6 cm³/mol. The molecule has 1 saturated heterocycles. The maximum atomic E-state index is 11.3. The minimum absolute atomic E-state index is 0.0354. The first-order valence-corrected chi connectivity index (χ1v) is 7.36. The zero-order valence-corrected chi connectivity index (χ0v) is 12.5. The molecule has 2 rings (SSSR count). The number of aliphatic hydroxyl groups is 1. The lowest BCUT2D eigenvalue weighted by Crippen LogP contribution is -2.32. The summed E-state index contributed by atoms with van der Waals surface area (Å²) in [4.78, 5) is 12.9. The molecule has 1 fully saturated rings. The van der Waals surface area contributed by atoms with E-state index >= 15 is 0 Å². The van der Waals surface area contributed by atoms with Crippen molar-refractivity contribution < 1.29 is 14.8 Å². The largest absolute Gasteiger partial charge is 0.389 e. The van der Waals surface area contributed by atoms with Crippen molar-refractivity contribution in [2.75, 3.05) is 24.6 Å². The van der Waals surface area contributed by atoms with Crippen molar-refractivity contribution in [1.29, 1.82) is 0 Å². The number of ether oxygens (including phenoxy) is 1. The fourth-order valence-electron chi connectivity index (χ4n) is 2.65. The minimum Gasteiger partial charge on any atom is -0.389 e. The normalized spacial score (nSPS) is 19.5. The number of aliphatic hydroxyl groups excluding tert-OH is 1. The molecule has 0 bridgehead atoms. The summed E-state index contributed by atoms with van der Waals surface area (Å²) in [5, 5.41) is 20.9. The number of benzene rings is 1. The van der Waals surface area contributed by atoms with Gasteiger partial charge >= 0.3 is 0 Å². The van der Waals surface area contributed by atoms with Crippen LogP contribution in [-0.2, 0) is 4.74 Å². The lowest BCUT2D eigenvalue weighted by Gasteiger charge is -2.26. The number of anilines is 1. The van der Waals surface area contributed by atoms with E-state index in [1.165, 1.54) is 6.07 Å². The molecule has 1 heterocycles. The number of nitro benzene ring substituents is 1. The lowest BCUT2D eigenvalue weighted by atomic mass is 10.1. The average Bonchev–Trinajstić information content (AvgIpc) is 2.97. The van der Waals surface area contributed by atoms with E-state index in [0.29, 0.717) is 24.3 Å². The second kappa shape index (κ2) is 6.87. The van der Waals surface area contributed by atoms with Gasteiger partial charge in [-0.2, -0.15) is 0 Å². The van der Waals surface area contributed by atoms with Gasteiger partial charge in [0.1, 0.15) is 5.69 Å². The summed E-state index contributed by atoms with van der Waals surface area (Å²) in [7, 11) is 0. The molecule has 0 spiro atoms. The van der Waals surface area contributed by atoms with Crippen LogP contribution in [0.1, 0.15) is 38.4 Å². The van der Waals surface area contributed by atoms with E-state index in [0.717, 1.165) is 19.4 Å². The molecule has 6 nitrogen and oxygen atoms in total. The Kier molecular flexibility index (Phi) is 5.14. The van der Waals surface area contributed by atoms with E-state index in [-0.39, 0.29) is 16.7 Å². The van der Waals surface area contributed by atoms with E-state index in [1.807, 2.05) is 11.8 Å². The maximum absolute atomic E-state index is 11.3. The number of rotatable bonds is 6. The number of hydrogen-bond acceptors (Lipinski definition) is 5. The fraction of sp³-hybridized carbons (Fsp3) is 0.600. The molecule has 6 heteroatoms. The summed E-state index contributed by atoms with van der Waals surface area (Å²) in [5.41, 5.74) is 1.18. The molecule has 1 aromatic carbocycles. The Bertz CT molecular complexity index is 498. The highest BCUT2D eigenvalue weighted by molar-refractivity contribution is 5.64. The second-order valence-corrected chi connectivity index (χ2v) is 5.35. The summed E-state index contributed by atoms with van der Waals surface area (Å²) < 4.78 is 5.62. The minimum atomic E-state index is -0.717. The monoisotopic (exact) mass is 294 g/mol. The molecule has 2 unspecified atom stereocenters. The molecular formula is C15H22N2O4. The topological polar surface area (TPSA) is 75.8 Å². The molecule has 116 valence electrons. The summed E-state index contributed by atoms with van der Waals surface area (Å²) >= 11 is 0. The van der Waals surface area contributed by atoms with Gasteiger partial charge in [-0.05, 0) is 38.3 Å². The van der Waals surface area contributed by atoms with Gasteiger partial charge in [-0.3, -0.25) is 10.1 Å². The summed E-state index contributed by atoms with van der Waals surface area (Å²) in [6.07, 6.45) is 1.47. The number of nitrogens with zero attached hydrogens (tertiary/aromatic N) is 2. The predicted octanol–water partition coefficient (Wildman–Crippen LogP) is 2.65. The molecule has 1 aliphatic rings. The molecule has 0 aromatic heterocycles. The van der Waals surface area contributed by atoms with Crippen molar-refractivity contribution >= 4 is 11.4 Å². The summed E-state index contributed by atoms with van der Waals surface area (Å²) in [5.74, 6) is 0. The number of hydrogen-bond donors (Lipinski definition) is 1. The maximum Gasteiger partial charge on any atom is 0.292 e. The highest BCUT2D eigenvalue weighted by Crippen LogP contribution is 2.32. The molecule has 1 aliphatic heterocycles. The molecule has 21 heavy (non-hydrogen) atoms. The van der Waals surface area contributed by atoms with Gasteiger partial charge in [0, 0.05) is 25.8 Å². The van der Waals surface area contributed by atoms with Gasteiger partial charge in [-0.1, -0.05) is 6.07 Å². The van der Waals surface area contributed by atoms with Crippen LogP contribution in [0.4, 0.5) is 11.4 Å². The van der Waals surface area contributed by atoms with Crippen molar-refractivity contribution in [2.24, 2.45) is 0 Å². The van der Waals surface area contributed by atoms with Gasteiger partial charge < -0.3 is 14.7 Å².